The third-order valence-corrected chi connectivity index (χ3v) is 12.2. The molecule has 3 atom stereocenters. The van der Waals surface area contributed by atoms with Gasteiger partial charge in [-0.25, -0.2) is 0 Å². The number of furan rings is 1. The van der Waals surface area contributed by atoms with E-state index in [9.17, 15) is 0 Å². The zero-order chi connectivity index (χ0) is 37.7. The highest BCUT2D eigenvalue weighted by molar-refractivity contribution is 6.08. The van der Waals surface area contributed by atoms with Gasteiger partial charge in [-0.05, 0) is 99.3 Å². The summed E-state index contributed by atoms with van der Waals surface area (Å²) in [5.74, 6) is 0.353. The molecule has 2 nitrogen and oxygen atoms in total. The second-order valence-corrected chi connectivity index (χ2v) is 15.5. The largest absolute Gasteiger partial charge is 0.456 e. The topological polar surface area (TPSA) is 16.4 Å². The van der Waals surface area contributed by atoms with E-state index in [4.69, 9.17) is 4.42 Å². The number of anilines is 1. The molecule has 0 bridgehead atoms. The molecule has 7 aromatic carbocycles. The average molecular weight is 732 g/mol. The lowest BCUT2D eigenvalue weighted by atomic mass is 9.82. The summed E-state index contributed by atoms with van der Waals surface area (Å²) in [5.41, 5.74) is 16.8. The Labute approximate surface area is 334 Å². The molecule has 2 heterocycles. The van der Waals surface area contributed by atoms with E-state index in [1.807, 2.05) is 0 Å². The number of para-hydroxylation sites is 1. The van der Waals surface area contributed by atoms with Gasteiger partial charge in [-0.2, -0.15) is 0 Å². The average Bonchev–Trinajstić information content (AvgIpc) is 3.84. The van der Waals surface area contributed by atoms with Gasteiger partial charge in [-0.15, -0.1) is 0 Å². The fourth-order valence-electron chi connectivity index (χ4n) is 9.48. The zero-order valence-corrected chi connectivity index (χ0v) is 31.6. The monoisotopic (exact) mass is 731 g/mol. The predicted octanol–water partition coefficient (Wildman–Crippen LogP) is 14.3. The highest BCUT2D eigenvalue weighted by Gasteiger charge is 2.39. The van der Waals surface area contributed by atoms with Crippen LogP contribution in [0.2, 0.25) is 0 Å². The van der Waals surface area contributed by atoms with Crippen molar-refractivity contribution in [2.75, 3.05) is 4.90 Å². The van der Waals surface area contributed by atoms with E-state index < -0.39 is 0 Å². The molecule has 0 fully saturated rings. The van der Waals surface area contributed by atoms with Gasteiger partial charge in [0, 0.05) is 39.6 Å². The first-order valence-electron chi connectivity index (χ1n) is 20.2. The Hall–Kier alpha value is -6.90. The fraction of sp³-hybridized carbons (Fsp3) is 0.0909. The second kappa shape index (κ2) is 14.0. The van der Waals surface area contributed by atoms with Gasteiger partial charge in [-0.1, -0.05) is 170 Å². The molecular formula is C55H41NO. The van der Waals surface area contributed by atoms with E-state index in [0.29, 0.717) is 12.0 Å². The van der Waals surface area contributed by atoms with E-state index in [1.54, 1.807) is 5.57 Å². The van der Waals surface area contributed by atoms with Gasteiger partial charge in [-0.3, -0.25) is 0 Å². The molecule has 0 saturated heterocycles. The third kappa shape index (κ3) is 5.88. The van der Waals surface area contributed by atoms with Crippen molar-refractivity contribution >= 4 is 27.6 Å². The summed E-state index contributed by atoms with van der Waals surface area (Å²) in [4.78, 5) is 2.56. The van der Waals surface area contributed by atoms with Crippen molar-refractivity contribution in [2.24, 2.45) is 5.92 Å². The number of hydrogen-bond acceptors (Lipinski definition) is 2. The smallest absolute Gasteiger partial charge is 0.139 e. The number of hydrogen-bond donors (Lipinski definition) is 0. The number of benzene rings is 7. The lowest BCUT2D eigenvalue weighted by Crippen LogP contribution is -2.32. The lowest BCUT2D eigenvalue weighted by Gasteiger charge is -2.30. The van der Waals surface area contributed by atoms with E-state index in [-0.39, 0.29) is 5.92 Å². The molecule has 11 rings (SSSR count). The first-order valence-corrected chi connectivity index (χ1v) is 20.2. The number of allylic oxidation sites excluding steroid dienone is 4. The minimum atomic E-state index is -0.0755. The van der Waals surface area contributed by atoms with Crippen LogP contribution in [0.5, 0.6) is 0 Å². The third-order valence-electron chi connectivity index (χ3n) is 12.2. The van der Waals surface area contributed by atoms with Crippen LogP contribution in [0.25, 0.3) is 55.3 Å². The molecule has 57 heavy (non-hydrogen) atoms. The molecule has 0 spiro atoms. The minimum Gasteiger partial charge on any atom is -0.456 e. The lowest BCUT2D eigenvalue weighted by molar-refractivity contribution is 0.658. The Morgan fingerprint density at radius 1 is 0.526 bits per heavy atom. The Balaban J connectivity index is 1.05. The maximum Gasteiger partial charge on any atom is 0.139 e. The molecule has 2 aliphatic carbocycles. The Morgan fingerprint density at radius 3 is 1.81 bits per heavy atom. The van der Waals surface area contributed by atoms with Crippen LogP contribution in [0.4, 0.5) is 5.69 Å². The van der Waals surface area contributed by atoms with E-state index >= 15 is 0 Å². The van der Waals surface area contributed by atoms with E-state index in [1.165, 1.54) is 55.9 Å². The summed E-state index contributed by atoms with van der Waals surface area (Å²) in [7, 11) is 0. The van der Waals surface area contributed by atoms with Gasteiger partial charge < -0.3 is 9.32 Å². The maximum absolute atomic E-state index is 6.83. The van der Waals surface area contributed by atoms with Crippen LogP contribution in [-0.4, -0.2) is 6.04 Å². The molecule has 1 aromatic heterocycles. The predicted molar refractivity (Wildman–Crippen MR) is 237 cm³/mol. The van der Waals surface area contributed by atoms with Crippen LogP contribution in [0, 0.1) is 5.92 Å². The Bertz CT molecular complexity index is 2870. The summed E-state index contributed by atoms with van der Waals surface area (Å²) in [6, 6.07) is 62.2. The summed E-state index contributed by atoms with van der Waals surface area (Å²) >= 11 is 0. The molecule has 272 valence electrons. The van der Waals surface area contributed by atoms with Gasteiger partial charge in [0.2, 0.25) is 0 Å². The van der Waals surface area contributed by atoms with Crippen LogP contribution >= 0.6 is 0 Å². The highest BCUT2D eigenvalue weighted by atomic mass is 16.3. The van der Waals surface area contributed by atoms with E-state index in [2.05, 4.69) is 211 Å². The molecule has 0 radical (unpaired) electrons. The molecule has 0 N–H and O–H groups in total. The van der Waals surface area contributed by atoms with Crippen molar-refractivity contribution in [1.29, 1.82) is 0 Å². The van der Waals surface area contributed by atoms with Crippen molar-refractivity contribution in [3.05, 3.63) is 234 Å². The first kappa shape index (κ1) is 33.4. The van der Waals surface area contributed by atoms with Crippen molar-refractivity contribution in [2.45, 2.75) is 24.8 Å². The molecule has 1 aliphatic heterocycles. The molecule has 3 unspecified atom stereocenters. The van der Waals surface area contributed by atoms with Gasteiger partial charge in [0.05, 0.1) is 6.04 Å². The quantitative estimate of drug-likeness (QED) is 0.152. The SMILES string of the molecule is C1=CC2C3=C(C=CCC3)N(c3ccc(C(c4ccc(-c5ccc(-c6ccccc6)cc5)cc4)c4cc(-c5ccccc5)cc5c4oc4ccccc45)cc3)C2C=C1. The molecular weight excluding hydrogens is 691 g/mol. The van der Waals surface area contributed by atoms with Crippen LogP contribution in [-0.2, 0) is 0 Å². The zero-order valence-electron chi connectivity index (χ0n) is 31.6. The fourth-order valence-corrected chi connectivity index (χ4v) is 9.48. The van der Waals surface area contributed by atoms with Gasteiger partial charge >= 0.3 is 0 Å². The number of fused-ring (bicyclic) bond motifs is 5. The molecule has 8 aromatic rings. The van der Waals surface area contributed by atoms with Gasteiger partial charge in [0.15, 0.2) is 0 Å². The highest BCUT2D eigenvalue weighted by Crippen LogP contribution is 2.47. The standard InChI is InChI=1S/C55H41NO/c1-3-13-37(14-4-1)39-23-25-40(26-24-39)41-27-29-42(30-28-41)54(43-31-33-45(34-32-43)56-51-20-10-7-17-46(51)47-18-8-11-21-52(47)56)50-36-44(38-15-5-2-6-16-38)35-49-48-19-9-12-22-53(48)57-55(49)50/h1-7,9-17,19-36,46,51,54H,8,18H2. The summed E-state index contributed by atoms with van der Waals surface area (Å²) in [6.45, 7) is 0. The molecule has 0 saturated carbocycles. The van der Waals surface area contributed by atoms with Crippen LogP contribution in [0.15, 0.2) is 222 Å². The van der Waals surface area contributed by atoms with E-state index in [0.717, 1.165) is 40.3 Å². The maximum atomic E-state index is 6.83. The summed E-state index contributed by atoms with van der Waals surface area (Å²) in [6.07, 6.45) is 16.1. The Morgan fingerprint density at radius 2 is 1.11 bits per heavy atom. The second-order valence-electron chi connectivity index (χ2n) is 15.5. The van der Waals surface area contributed by atoms with Crippen molar-refractivity contribution < 1.29 is 4.42 Å². The van der Waals surface area contributed by atoms with Crippen LogP contribution in [0.3, 0.4) is 0 Å². The minimum absolute atomic E-state index is 0.0755. The van der Waals surface area contributed by atoms with Crippen LogP contribution in [0.1, 0.15) is 35.4 Å². The summed E-state index contributed by atoms with van der Waals surface area (Å²) in [5, 5.41) is 2.28. The van der Waals surface area contributed by atoms with Gasteiger partial charge in [0.1, 0.15) is 11.2 Å². The van der Waals surface area contributed by atoms with Crippen LogP contribution < -0.4 is 4.90 Å². The normalized spacial score (nSPS) is 17.6. The van der Waals surface area contributed by atoms with Crippen molar-refractivity contribution in [3.8, 4) is 33.4 Å². The Kier molecular flexibility index (Phi) is 8.21. The number of nitrogens with zero attached hydrogens (tertiary/aromatic N) is 1. The molecule has 2 heteroatoms. The summed E-state index contributed by atoms with van der Waals surface area (Å²) < 4.78 is 6.83. The van der Waals surface area contributed by atoms with Crippen molar-refractivity contribution in [1.82, 2.24) is 0 Å². The molecule has 0 amide bonds. The van der Waals surface area contributed by atoms with Crippen molar-refractivity contribution in [3.63, 3.8) is 0 Å². The van der Waals surface area contributed by atoms with Gasteiger partial charge in [0.25, 0.3) is 0 Å². The molecule has 3 aliphatic rings. The number of rotatable bonds is 7. The first-order chi connectivity index (χ1) is 28.3.